The largest absolute Gasteiger partial charge is 0.324 e. The van der Waals surface area contributed by atoms with Gasteiger partial charge in [-0.25, -0.2) is 0 Å². The first kappa shape index (κ1) is 16.4. The Morgan fingerprint density at radius 2 is 1.81 bits per heavy atom. The lowest BCUT2D eigenvalue weighted by Gasteiger charge is -2.21. The van der Waals surface area contributed by atoms with Crippen LogP contribution < -0.4 is 10.6 Å². The minimum atomic E-state index is 0.0542. The van der Waals surface area contributed by atoms with E-state index >= 15 is 0 Å². The van der Waals surface area contributed by atoms with Crippen LogP contribution in [-0.4, -0.2) is 24.7 Å². The number of rotatable bonds is 5. The van der Waals surface area contributed by atoms with Crippen molar-refractivity contribution in [3.05, 3.63) is 24.3 Å². The molecule has 0 unspecified atom stereocenters. The highest BCUT2D eigenvalue weighted by Crippen LogP contribution is 2.24. The van der Waals surface area contributed by atoms with Gasteiger partial charge in [0.15, 0.2) is 0 Å². The maximum absolute atomic E-state index is 12.1. The van der Waals surface area contributed by atoms with Crippen LogP contribution in [0.3, 0.4) is 0 Å². The van der Waals surface area contributed by atoms with Gasteiger partial charge in [0.05, 0.1) is 12.2 Å². The van der Waals surface area contributed by atoms with Crippen LogP contribution in [0.2, 0.25) is 0 Å². The minimum absolute atomic E-state index is 0.0542. The monoisotopic (exact) mass is 306 g/mol. The summed E-state index contributed by atoms with van der Waals surface area (Å²) >= 11 is 1.65. The smallest absolute Gasteiger partial charge is 0.238 e. The van der Waals surface area contributed by atoms with Crippen molar-refractivity contribution >= 4 is 23.4 Å². The highest BCUT2D eigenvalue weighted by molar-refractivity contribution is 7.98. The van der Waals surface area contributed by atoms with Crippen molar-refractivity contribution in [2.75, 3.05) is 18.1 Å². The van der Waals surface area contributed by atoms with Crippen molar-refractivity contribution in [2.24, 2.45) is 0 Å². The fraction of sp³-hybridized carbons (Fsp3) is 0.588. The van der Waals surface area contributed by atoms with Crippen molar-refractivity contribution in [3.8, 4) is 0 Å². The number of nitrogens with one attached hydrogen (secondary N) is 2. The van der Waals surface area contributed by atoms with E-state index in [-0.39, 0.29) is 5.91 Å². The number of amides is 1. The average Bonchev–Trinajstić information content (AvgIpc) is 2.46. The van der Waals surface area contributed by atoms with E-state index in [2.05, 4.69) is 10.6 Å². The van der Waals surface area contributed by atoms with Gasteiger partial charge in [0.1, 0.15) is 0 Å². The first-order chi connectivity index (χ1) is 10.3. The Labute approximate surface area is 132 Å². The first-order valence-electron chi connectivity index (χ1n) is 7.96. The molecule has 0 radical (unpaired) electrons. The van der Waals surface area contributed by atoms with Crippen LogP contribution in [0.5, 0.6) is 0 Å². The minimum Gasteiger partial charge on any atom is -0.324 e. The number of anilines is 1. The van der Waals surface area contributed by atoms with E-state index in [0.29, 0.717) is 12.6 Å². The number of benzene rings is 1. The van der Waals surface area contributed by atoms with Crippen LogP contribution in [-0.2, 0) is 4.79 Å². The summed E-state index contributed by atoms with van der Waals surface area (Å²) in [6.45, 7) is 0.410. The van der Waals surface area contributed by atoms with Gasteiger partial charge in [0.25, 0.3) is 0 Å². The Bertz CT molecular complexity index is 442. The van der Waals surface area contributed by atoms with Crippen LogP contribution in [0.4, 0.5) is 5.69 Å². The van der Waals surface area contributed by atoms with Crippen LogP contribution >= 0.6 is 11.8 Å². The molecule has 0 saturated heterocycles. The molecule has 0 aromatic heterocycles. The Morgan fingerprint density at radius 1 is 1.14 bits per heavy atom. The lowest BCUT2D eigenvalue weighted by Crippen LogP contribution is -2.36. The molecule has 1 amide bonds. The Kier molecular flexibility index (Phi) is 7.10. The highest BCUT2D eigenvalue weighted by Gasteiger charge is 2.13. The standard InChI is InChI=1S/C17H26N2OS/c1-21-16-12-8-7-11-15(16)19-17(20)13-18-14-9-5-3-2-4-6-10-14/h7-8,11-12,14,18H,2-6,9-10,13H2,1H3,(H,19,20). The van der Waals surface area contributed by atoms with E-state index in [1.54, 1.807) is 11.8 Å². The van der Waals surface area contributed by atoms with Gasteiger partial charge in [-0.2, -0.15) is 0 Å². The molecule has 0 bridgehead atoms. The zero-order chi connectivity index (χ0) is 14.9. The Hall–Kier alpha value is -1.00. The SMILES string of the molecule is CSc1ccccc1NC(=O)CNC1CCCCCCC1. The summed E-state index contributed by atoms with van der Waals surface area (Å²) < 4.78 is 0. The van der Waals surface area contributed by atoms with E-state index in [9.17, 15) is 4.79 Å². The van der Waals surface area contributed by atoms with Crippen molar-refractivity contribution in [3.63, 3.8) is 0 Å². The second-order valence-electron chi connectivity index (χ2n) is 5.67. The number of para-hydroxylation sites is 1. The highest BCUT2D eigenvalue weighted by atomic mass is 32.2. The van der Waals surface area contributed by atoms with Gasteiger partial charge >= 0.3 is 0 Å². The molecule has 21 heavy (non-hydrogen) atoms. The summed E-state index contributed by atoms with van der Waals surface area (Å²) in [6.07, 6.45) is 11.1. The third-order valence-electron chi connectivity index (χ3n) is 4.04. The van der Waals surface area contributed by atoms with E-state index in [1.807, 2.05) is 30.5 Å². The number of carbonyl (C=O) groups is 1. The zero-order valence-electron chi connectivity index (χ0n) is 12.9. The summed E-state index contributed by atoms with van der Waals surface area (Å²) in [6, 6.07) is 8.44. The van der Waals surface area contributed by atoms with Crippen LogP contribution in [0.15, 0.2) is 29.2 Å². The number of hydrogen-bond donors (Lipinski definition) is 2. The normalized spacial score (nSPS) is 17.0. The van der Waals surface area contributed by atoms with E-state index in [1.165, 1.54) is 44.9 Å². The molecule has 0 aliphatic heterocycles. The van der Waals surface area contributed by atoms with Gasteiger partial charge in [-0.05, 0) is 31.2 Å². The van der Waals surface area contributed by atoms with Crippen LogP contribution in [0, 0.1) is 0 Å². The second kappa shape index (κ2) is 9.11. The average molecular weight is 306 g/mol. The van der Waals surface area contributed by atoms with Crippen molar-refractivity contribution in [2.45, 2.75) is 55.9 Å². The fourth-order valence-corrected chi connectivity index (χ4v) is 3.39. The van der Waals surface area contributed by atoms with Gasteiger partial charge in [0.2, 0.25) is 5.91 Å². The van der Waals surface area contributed by atoms with E-state index in [4.69, 9.17) is 0 Å². The molecule has 1 aliphatic carbocycles. The van der Waals surface area contributed by atoms with Crippen molar-refractivity contribution < 1.29 is 4.79 Å². The molecule has 1 aromatic carbocycles. The first-order valence-corrected chi connectivity index (χ1v) is 9.18. The molecule has 0 heterocycles. The van der Waals surface area contributed by atoms with Crippen LogP contribution in [0.25, 0.3) is 0 Å². The fourth-order valence-electron chi connectivity index (χ4n) is 2.84. The molecule has 1 aliphatic rings. The molecule has 2 N–H and O–H groups in total. The van der Waals surface area contributed by atoms with Crippen LogP contribution in [0.1, 0.15) is 44.9 Å². The van der Waals surface area contributed by atoms with E-state index < -0.39 is 0 Å². The molecular weight excluding hydrogens is 280 g/mol. The van der Waals surface area contributed by atoms with E-state index in [0.717, 1.165) is 10.6 Å². The molecular formula is C17H26N2OS. The van der Waals surface area contributed by atoms with Gasteiger partial charge < -0.3 is 10.6 Å². The predicted octanol–water partition coefficient (Wildman–Crippen LogP) is 4.05. The summed E-state index contributed by atoms with van der Waals surface area (Å²) in [5.41, 5.74) is 0.912. The number of thioether (sulfide) groups is 1. The summed E-state index contributed by atoms with van der Waals surface area (Å²) in [5, 5.41) is 6.43. The summed E-state index contributed by atoms with van der Waals surface area (Å²) in [5.74, 6) is 0.0542. The maximum atomic E-state index is 12.1. The molecule has 1 saturated carbocycles. The number of carbonyl (C=O) groups excluding carboxylic acids is 1. The third kappa shape index (κ3) is 5.71. The van der Waals surface area contributed by atoms with Gasteiger partial charge in [-0.15, -0.1) is 11.8 Å². The predicted molar refractivity (Wildman–Crippen MR) is 91.0 cm³/mol. The summed E-state index contributed by atoms with van der Waals surface area (Å²) in [4.78, 5) is 13.2. The van der Waals surface area contributed by atoms with Gasteiger partial charge in [-0.1, -0.05) is 44.2 Å². The molecule has 0 atom stereocenters. The van der Waals surface area contributed by atoms with Crippen molar-refractivity contribution in [1.29, 1.82) is 0 Å². The lowest BCUT2D eigenvalue weighted by molar-refractivity contribution is -0.115. The van der Waals surface area contributed by atoms with Crippen molar-refractivity contribution in [1.82, 2.24) is 5.32 Å². The maximum Gasteiger partial charge on any atom is 0.238 e. The topological polar surface area (TPSA) is 41.1 Å². The molecule has 116 valence electrons. The lowest BCUT2D eigenvalue weighted by atomic mass is 9.97. The Balaban J connectivity index is 1.78. The molecule has 0 spiro atoms. The van der Waals surface area contributed by atoms with Gasteiger partial charge in [0, 0.05) is 10.9 Å². The second-order valence-corrected chi connectivity index (χ2v) is 6.52. The zero-order valence-corrected chi connectivity index (χ0v) is 13.7. The molecule has 4 heteroatoms. The molecule has 1 aromatic rings. The Morgan fingerprint density at radius 3 is 2.52 bits per heavy atom. The summed E-state index contributed by atoms with van der Waals surface area (Å²) in [7, 11) is 0. The molecule has 1 fully saturated rings. The van der Waals surface area contributed by atoms with Gasteiger partial charge in [-0.3, -0.25) is 4.79 Å². The molecule has 3 nitrogen and oxygen atoms in total. The third-order valence-corrected chi connectivity index (χ3v) is 4.83. The quantitative estimate of drug-likeness (QED) is 0.806. The molecule has 2 rings (SSSR count). The number of hydrogen-bond acceptors (Lipinski definition) is 3.